The van der Waals surface area contributed by atoms with Crippen LogP contribution in [-0.2, 0) is 8.85 Å². The molecule has 26 heavy (non-hydrogen) atoms. The number of hydrogen-bond acceptors (Lipinski definition) is 3. The molecule has 0 aliphatic rings. The first-order valence-corrected chi connectivity index (χ1v) is 19.5. The van der Waals surface area contributed by atoms with E-state index in [1.54, 1.807) is 0 Å². The van der Waals surface area contributed by atoms with E-state index in [-0.39, 0.29) is 0 Å². The maximum absolute atomic E-state index is 5.83. The average Bonchev–Trinajstić information content (AvgIpc) is 2.44. The summed E-state index contributed by atoms with van der Waals surface area (Å²) in [4.78, 5) is 0. The lowest BCUT2D eigenvalue weighted by Gasteiger charge is -2.48. The molecule has 0 fully saturated rings. The van der Waals surface area contributed by atoms with E-state index in [0.717, 1.165) is 0 Å². The largest absolute Gasteiger partial charge is 0.420 e. The van der Waals surface area contributed by atoms with Gasteiger partial charge < -0.3 is 13.4 Å². The molecule has 0 radical (unpaired) electrons. The van der Waals surface area contributed by atoms with E-state index in [0.29, 0.717) is 16.9 Å². The van der Waals surface area contributed by atoms with E-state index in [9.17, 15) is 0 Å². The summed E-state index contributed by atoms with van der Waals surface area (Å²) in [5.74, 6) is 1.37. The van der Waals surface area contributed by atoms with Gasteiger partial charge in [-0.05, 0) is 68.2 Å². The first-order valence-electron chi connectivity index (χ1n) is 10.3. The van der Waals surface area contributed by atoms with Gasteiger partial charge in [0.2, 0.25) is 0 Å². The van der Waals surface area contributed by atoms with Gasteiger partial charge in [-0.3, -0.25) is 0 Å². The summed E-state index contributed by atoms with van der Waals surface area (Å²) in [5, 5.41) is 0.370. The Labute approximate surface area is 168 Å². The minimum atomic E-state index is -1.55. The third-order valence-electron chi connectivity index (χ3n) is 6.48. The summed E-state index contributed by atoms with van der Waals surface area (Å²) in [7, 11) is -0.804. The van der Waals surface area contributed by atoms with Crippen LogP contribution in [0, 0.1) is 11.8 Å². The molecule has 6 heteroatoms. The lowest BCUT2D eigenvalue weighted by Crippen LogP contribution is -2.58. The second-order valence-corrected chi connectivity index (χ2v) is 25.2. The van der Waals surface area contributed by atoms with Gasteiger partial charge in [0.15, 0.2) is 16.6 Å². The van der Waals surface area contributed by atoms with E-state index in [4.69, 9.17) is 8.85 Å². The highest BCUT2D eigenvalue weighted by Gasteiger charge is 2.42. The molecule has 0 amide bonds. The van der Waals surface area contributed by atoms with Crippen molar-refractivity contribution in [1.82, 2.24) is 4.57 Å². The Balaban J connectivity index is 5.32. The first-order chi connectivity index (χ1) is 11.5. The molecule has 0 aromatic carbocycles. The number of hydrogen-bond donors (Lipinski definition) is 0. The highest BCUT2D eigenvalue weighted by Crippen LogP contribution is 2.39. The van der Waals surface area contributed by atoms with Gasteiger partial charge in [-0.2, -0.15) is 0 Å². The number of nitrogens with zero attached hydrogens (tertiary/aromatic N) is 1. The van der Waals surface area contributed by atoms with Crippen LogP contribution in [-0.4, -0.2) is 56.7 Å². The van der Waals surface area contributed by atoms with Crippen molar-refractivity contribution < 1.29 is 8.85 Å². The summed E-state index contributed by atoms with van der Waals surface area (Å²) >= 11 is 0. The molecular weight excluding hydrogens is 370 g/mol. The Bertz CT molecular complexity index is 394. The third kappa shape index (κ3) is 8.69. The van der Waals surface area contributed by atoms with Crippen molar-refractivity contribution in [2.45, 2.75) is 91.0 Å². The Kier molecular flexibility index (Phi) is 10.0. The molecule has 0 rings (SSSR count). The zero-order valence-electron chi connectivity index (χ0n) is 20.2. The van der Waals surface area contributed by atoms with Crippen molar-refractivity contribution in [3.8, 4) is 0 Å². The molecule has 3 nitrogen and oxygen atoms in total. The van der Waals surface area contributed by atoms with Gasteiger partial charge in [0.05, 0.1) is 0 Å². The molecule has 0 saturated heterocycles. The van der Waals surface area contributed by atoms with Crippen LogP contribution in [0.1, 0.15) is 34.6 Å². The van der Waals surface area contributed by atoms with Gasteiger partial charge in [-0.1, -0.05) is 47.7 Å². The van der Waals surface area contributed by atoms with Crippen molar-refractivity contribution in [2.75, 3.05) is 27.3 Å². The normalized spacial score (nSPS) is 16.8. The SMILES string of the molecule is CO[Si](C)(C)CC(C)CN(CC(C)C[Si](C)(C)OC)[Si](C)(C)C(C)(C)C. The van der Waals surface area contributed by atoms with Gasteiger partial charge in [-0.15, -0.1) is 0 Å². The third-order valence-corrected chi connectivity index (χ3v) is 17.7. The molecular formula is C20H49NO2Si3. The van der Waals surface area contributed by atoms with Gasteiger partial charge in [0, 0.05) is 14.2 Å². The second-order valence-electron chi connectivity index (χ2n) is 11.3. The quantitative estimate of drug-likeness (QED) is 0.368. The highest BCUT2D eigenvalue weighted by molar-refractivity contribution is 6.77. The molecule has 0 spiro atoms. The van der Waals surface area contributed by atoms with E-state index < -0.39 is 24.9 Å². The van der Waals surface area contributed by atoms with Crippen LogP contribution in [0.25, 0.3) is 0 Å². The van der Waals surface area contributed by atoms with Crippen LogP contribution >= 0.6 is 0 Å². The molecule has 0 aromatic rings. The predicted molar refractivity (Wildman–Crippen MR) is 126 cm³/mol. The maximum Gasteiger partial charge on any atom is 0.186 e. The van der Waals surface area contributed by atoms with Crippen molar-refractivity contribution in [1.29, 1.82) is 0 Å². The predicted octanol–water partition coefficient (Wildman–Crippen LogP) is 6.27. The zero-order chi connectivity index (χ0) is 21.0. The van der Waals surface area contributed by atoms with E-state index in [1.807, 2.05) is 14.2 Å². The molecule has 0 bridgehead atoms. The molecule has 2 atom stereocenters. The summed E-state index contributed by atoms with van der Waals surface area (Å²) in [6.45, 7) is 29.0. The molecule has 158 valence electrons. The first kappa shape index (κ1) is 26.5. The minimum Gasteiger partial charge on any atom is -0.420 e. The van der Waals surface area contributed by atoms with Crippen molar-refractivity contribution in [3.63, 3.8) is 0 Å². The second kappa shape index (κ2) is 9.83. The zero-order valence-corrected chi connectivity index (χ0v) is 23.2. The molecule has 0 N–H and O–H groups in total. The smallest absolute Gasteiger partial charge is 0.186 e. The molecule has 0 aromatic heterocycles. The van der Waals surface area contributed by atoms with Crippen molar-refractivity contribution >= 4 is 24.9 Å². The Morgan fingerprint density at radius 2 is 1.04 bits per heavy atom. The topological polar surface area (TPSA) is 21.7 Å². The highest BCUT2D eigenvalue weighted by atomic mass is 28.4. The molecule has 0 aliphatic heterocycles. The summed E-state index contributed by atoms with van der Waals surface area (Å²) in [6.07, 6.45) is 0. The number of rotatable bonds is 11. The monoisotopic (exact) mass is 419 g/mol. The van der Waals surface area contributed by atoms with Crippen molar-refractivity contribution in [2.24, 2.45) is 11.8 Å². The summed E-state index contributed by atoms with van der Waals surface area (Å²) in [6, 6.07) is 2.47. The van der Waals surface area contributed by atoms with E-state index >= 15 is 0 Å². The van der Waals surface area contributed by atoms with Gasteiger partial charge in [-0.25, -0.2) is 0 Å². The Hall–Kier alpha value is 0.531. The van der Waals surface area contributed by atoms with Crippen molar-refractivity contribution in [3.05, 3.63) is 0 Å². The van der Waals surface area contributed by atoms with Crippen LogP contribution in [0.4, 0.5) is 0 Å². The summed E-state index contributed by atoms with van der Waals surface area (Å²) in [5.41, 5.74) is 0. The Morgan fingerprint density at radius 3 is 1.27 bits per heavy atom. The van der Waals surface area contributed by atoms with Gasteiger partial charge >= 0.3 is 0 Å². The van der Waals surface area contributed by atoms with Crippen LogP contribution < -0.4 is 0 Å². The lowest BCUT2D eigenvalue weighted by molar-refractivity contribution is 0.302. The Morgan fingerprint density at radius 1 is 0.731 bits per heavy atom. The van der Waals surface area contributed by atoms with E-state index in [1.165, 1.54) is 25.2 Å². The van der Waals surface area contributed by atoms with E-state index in [2.05, 4.69) is 78.5 Å². The fraction of sp³-hybridized carbons (Fsp3) is 1.00. The average molecular weight is 420 g/mol. The van der Waals surface area contributed by atoms with Crippen LogP contribution in [0.2, 0.25) is 56.4 Å². The fourth-order valence-corrected chi connectivity index (χ4v) is 10.2. The van der Waals surface area contributed by atoms with Crippen LogP contribution in [0.5, 0.6) is 0 Å². The van der Waals surface area contributed by atoms with Gasteiger partial charge in [0.25, 0.3) is 0 Å². The van der Waals surface area contributed by atoms with Crippen LogP contribution in [0.3, 0.4) is 0 Å². The lowest BCUT2D eigenvalue weighted by atomic mass is 10.2. The molecule has 0 heterocycles. The maximum atomic E-state index is 5.83. The standard InChI is InChI=1S/C20H49NO2Si3/c1-18(16-24(8,9)22-6)14-21(26(12,13)20(3,4)5)15-19(2)17-25(10,11)23-7/h18-19H,14-17H2,1-13H3. The van der Waals surface area contributed by atoms with Gasteiger partial charge in [0.1, 0.15) is 8.24 Å². The van der Waals surface area contributed by atoms with Crippen LogP contribution in [0.15, 0.2) is 0 Å². The minimum absolute atomic E-state index is 0.370. The summed E-state index contributed by atoms with van der Waals surface area (Å²) < 4.78 is 14.5. The molecule has 0 aliphatic carbocycles. The molecule has 2 unspecified atom stereocenters. The molecule has 0 saturated carbocycles. The fourth-order valence-electron chi connectivity index (χ4n) is 3.73.